The van der Waals surface area contributed by atoms with Crippen LogP contribution in [0.4, 0.5) is 4.39 Å². The first-order valence-corrected chi connectivity index (χ1v) is 8.89. The molecule has 9 heteroatoms. The highest BCUT2D eigenvalue weighted by Gasteiger charge is 2.18. The van der Waals surface area contributed by atoms with Crippen molar-refractivity contribution < 1.29 is 8.94 Å². The lowest BCUT2D eigenvalue weighted by atomic mass is 10.2. The SMILES string of the molecule is CC[S+]([O-])c1cc2n(Cc3cnc(Cl)c(F)c3)c(C)cc(=O)n2n1. The molecule has 0 aromatic carbocycles. The molecule has 24 heavy (non-hydrogen) atoms. The highest BCUT2D eigenvalue weighted by molar-refractivity contribution is 7.91. The van der Waals surface area contributed by atoms with Crippen molar-refractivity contribution in [2.24, 2.45) is 0 Å². The molecule has 0 spiro atoms. The van der Waals surface area contributed by atoms with Gasteiger partial charge in [-0.1, -0.05) is 11.6 Å². The first-order valence-electron chi connectivity index (χ1n) is 7.19. The zero-order valence-electron chi connectivity index (χ0n) is 13.0. The standard InChI is InChI=1S/C15H14ClFN4O2S/c1-3-24(23)12-6-13-20(9(2)4-14(22)21(13)19-12)8-10-5-11(17)15(16)18-7-10/h4-7H,3,8H2,1-2H3. The lowest BCUT2D eigenvalue weighted by Crippen LogP contribution is -2.20. The molecular weight excluding hydrogens is 355 g/mol. The van der Waals surface area contributed by atoms with Gasteiger partial charge in [0.05, 0.1) is 12.6 Å². The van der Waals surface area contributed by atoms with Crippen molar-refractivity contribution in [3.05, 3.63) is 57.0 Å². The number of rotatable bonds is 4. The molecule has 0 aliphatic heterocycles. The maximum Gasteiger partial charge on any atom is 0.274 e. The molecule has 3 aromatic rings. The first-order chi connectivity index (χ1) is 11.4. The van der Waals surface area contributed by atoms with E-state index in [1.165, 1.54) is 22.8 Å². The van der Waals surface area contributed by atoms with Crippen LogP contribution in [0.15, 0.2) is 34.2 Å². The van der Waals surface area contributed by atoms with Crippen molar-refractivity contribution >= 4 is 28.4 Å². The Morgan fingerprint density at radius 1 is 1.38 bits per heavy atom. The van der Waals surface area contributed by atoms with Crippen LogP contribution in [-0.4, -0.2) is 29.5 Å². The highest BCUT2D eigenvalue weighted by Crippen LogP contribution is 2.17. The van der Waals surface area contributed by atoms with Crippen LogP contribution in [0.2, 0.25) is 5.15 Å². The molecule has 6 nitrogen and oxygen atoms in total. The largest absolute Gasteiger partial charge is 0.610 e. The van der Waals surface area contributed by atoms with Gasteiger partial charge >= 0.3 is 0 Å². The lowest BCUT2D eigenvalue weighted by Gasteiger charge is -2.12. The van der Waals surface area contributed by atoms with E-state index in [2.05, 4.69) is 10.1 Å². The maximum absolute atomic E-state index is 13.6. The second kappa shape index (κ2) is 6.54. The molecule has 0 aliphatic carbocycles. The molecule has 0 amide bonds. The van der Waals surface area contributed by atoms with Gasteiger partial charge in [0.1, 0.15) is 11.4 Å². The molecule has 1 unspecified atom stereocenters. The van der Waals surface area contributed by atoms with Gasteiger partial charge in [-0.3, -0.25) is 4.79 Å². The second-order valence-electron chi connectivity index (χ2n) is 5.21. The third-order valence-corrected chi connectivity index (χ3v) is 5.07. The maximum atomic E-state index is 13.6. The third-order valence-electron chi connectivity index (χ3n) is 3.60. The minimum Gasteiger partial charge on any atom is -0.610 e. The van der Waals surface area contributed by atoms with Crippen LogP contribution in [0.1, 0.15) is 18.2 Å². The molecule has 0 N–H and O–H groups in total. The van der Waals surface area contributed by atoms with Gasteiger partial charge < -0.3 is 9.12 Å². The number of fused-ring (bicyclic) bond motifs is 1. The Morgan fingerprint density at radius 3 is 2.79 bits per heavy atom. The number of nitrogens with zero attached hydrogens (tertiary/aromatic N) is 4. The number of hydrogen-bond acceptors (Lipinski definition) is 4. The van der Waals surface area contributed by atoms with Gasteiger partial charge in [0, 0.05) is 29.1 Å². The second-order valence-corrected chi connectivity index (χ2v) is 7.26. The van der Waals surface area contributed by atoms with Gasteiger partial charge in [0.15, 0.2) is 11.0 Å². The summed E-state index contributed by atoms with van der Waals surface area (Å²) in [6.07, 6.45) is 1.47. The molecular formula is C15H14ClFN4O2S. The molecule has 126 valence electrons. The normalized spacial score (nSPS) is 12.7. The Hall–Kier alpha value is -1.90. The Bertz CT molecular complexity index is 972. The molecule has 0 fully saturated rings. The van der Waals surface area contributed by atoms with Crippen molar-refractivity contribution in [3.63, 3.8) is 0 Å². The monoisotopic (exact) mass is 368 g/mol. The third kappa shape index (κ3) is 3.04. The number of aromatic nitrogens is 4. The van der Waals surface area contributed by atoms with Crippen LogP contribution >= 0.6 is 11.6 Å². The number of pyridine rings is 1. The summed E-state index contributed by atoms with van der Waals surface area (Å²) in [5, 5.41) is 4.28. The predicted octanol–water partition coefficient (Wildman–Crippen LogP) is 2.17. The van der Waals surface area contributed by atoms with Crippen LogP contribution in [0.5, 0.6) is 0 Å². The van der Waals surface area contributed by atoms with Gasteiger partial charge in [-0.15, -0.1) is 5.10 Å². The fraction of sp³-hybridized carbons (Fsp3) is 0.267. The number of hydrogen-bond donors (Lipinski definition) is 0. The molecule has 3 rings (SSSR count). The van der Waals surface area contributed by atoms with Gasteiger partial charge in [0.25, 0.3) is 10.6 Å². The van der Waals surface area contributed by atoms with Crippen LogP contribution in [0, 0.1) is 12.7 Å². The van der Waals surface area contributed by atoms with E-state index in [1.54, 1.807) is 24.5 Å². The summed E-state index contributed by atoms with van der Waals surface area (Å²) in [6, 6.07) is 4.34. The number of aryl methyl sites for hydroxylation is 1. The summed E-state index contributed by atoms with van der Waals surface area (Å²) in [7, 11) is 0. The molecule has 1 atom stereocenters. The zero-order chi connectivity index (χ0) is 17.4. The van der Waals surface area contributed by atoms with Crippen LogP contribution in [0.3, 0.4) is 0 Å². The summed E-state index contributed by atoms with van der Waals surface area (Å²) >= 11 is 4.33. The molecule has 3 aromatic heterocycles. The molecule has 3 heterocycles. The van der Waals surface area contributed by atoms with Crippen LogP contribution in [0.25, 0.3) is 5.65 Å². The minimum absolute atomic E-state index is 0.189. The zero-order valence-corrected chi connectivity index (χ0v) is 14.6. The van der Waals surface area contributed by atoms with E-state index in [9.17, 15) is 13.7 Å². The average molecular weight is 369 g/mol. The van der Waals surface area contributed by atoms with E-state index >= 15 is 0 Å². The van der Waals surface area contributed by atoms with Crippen molar-refractivity contribution in [1.29, 1.82) is 0 Å². The van der Waals surface area contributed by atoms with E-state index in [0.717, 1.165) is 0 Å². The van der Waals surface area contributed by atoms with E-state index in [-0.39, 0.29) is 17.3 Å². The fourth-order valence-corrected chi connectivity index (χ4v) is 3.21. The topological polar surface area (TPSA) is 75.2 Å². The molecule has 0 aliphatic rings. The van der Waals surface area contributed by atoms with Crippen molar-refractivity contribution in [2.45, 2.75) is 25.4 Å². The predicted molar refractivity (Wildman–Crippen MR) is 89.4 cm³/mol. The Balaban J connectivity index is 2.14. The Kier molecular flexibility index (Phi) is 4.62. The van der Waals surface area contributed by atoms with Crippen molar-refractivity contribution in [3.8, 4) is 0 Å². The molecule has 0 saturated heterocycles. The minimum atomic E-state index is -1.27. The Morgan fingerprint density at radius 2 is 2.12 bits per heavy atom. The summed E-state index contributed by atoms with van der Waals surface area (Å²) in [6.45, 7) is 3.82. The quantitative estimate of drug-likeness (QED) is 0.522. The van der Waals surface area contributed by atoms with Gasteiger partial charge in [-0.2, -0.15) is 4.52 Å². The molecule has 0 radical (unpaired) electrons. The van der Waals surface area contributed by atoms with Gasteiger partial charge in [-0.05, 0) is 25.5 Å². The summed E-state index contributed by atoms with van der Waals surface area (Å²) in [5.74, 6) is -0.200. The van der Waals surface area contributed by atoms with Crippen molar-refractivity contribution in [2.75, 3.05) is 5.75 Å². The average Bonchev–Trinajstić information content (AvgIpc) is 2.99. The van der Waals surface area contributed by atoms with E-state index in [0.29, 0.717) is 27.7 Å². The van der Waals surface area contributed by atoms with Gasteiger partial charge in [0.2, 0.25) is 0 Å². The number of halogens is 2. The van der Waals surface area contributed by atoms with Gasteiger partial charge in [-0.25, -0.2) is 9.37 Å². The van der Waals surface area contributed by atoms with E-state index in [1.807, 2.05) is 0 Å². The van der Waals surface area contributed by atoms with E-state index < -0.39 is 17.0 Å². The highest BCUT2D eigenvalue weighted by atomic mass is 35.5. The summed E-state index contributed by atoms with van der Waals surface area (Å²) in [5.41, 5.74) is 1.45. The summed E-state index contributed by atoms with van der Waals surface area (Å²) < 4.78 is 28.6. The first kappa shape index (κ1) is 16.9. The Labute approximate surface area is 145 Å². The smallest absolute Gasteiger partial charge is 0.274 e. The molecule has 0 saturated carbocycles. The van der Waals surface area contributed by atoms with Crippen molar-refractivity contribution in [1.82, 2.24) is 19.2 Å². The lowest BCUT2D eigenvalue weighted by molar-refractivity contribution is 0.590. The van der Waals surface area contributed by atoms with E-state index in [4.69, 9.17) is 11.6 Å². The summed E-state index contributed by atoms with van der Waals surface area (Å²) in [4.78, 5) is 15.9. The van der Waals surface area contributed by atoms with Crippen LogP contribution < -0.4 is 5.56 Å². The fourth-order valence-electron chi connectivity index (χ4n) is 2.40. The molecule has 0 bridgehead atoms. The van der Waals surface area contributed by atoms with Crippen LogP contribution in [-0.2, 0) is 17.7 Å².